The largest absolute Gasteiger partial charge is 0.388 e. The summed E-state index contributed by atoms with van der Waals surface area (Å²) >= 11 is 5.28. The highest BCUT2D eigenvalue weighted by molar-refractivity contribution is 7.72. The fourth-order valence-corrected chi connectivity index (χ4v) is 5.55. The van der Waals surface area contributed by atoms with Gasteiger partial charge < -0.3 is 19.9 Å². The average Bonchev–Trinajstić information content (AvgIpc) is 3.00. The Morgan fingerprint density at radius 2 is 2.12 bits per heavy atom. The Bertz CT molecular complexity index is 889. The molecule has 0 bridgehead atoms. The number of hydrogen-bond donors (Lipinski definition) is 3. The maximum atomic E-state index is 10.6. The van der Waals surface area contributed by atoms with Crippen molar-refractivity contribution in [2.24, 2.45) is 5.92 Å². The van der Waals surface area contributed by atoms with Gasteiger partial charge in [0.15, 0.2) is 11.9 Å². The number of aryl methyl sites for hydroxylation is 1. The number of rotatable bonds is 4. The Morgan fingerprint density at radius 1 is 1.44 bits per heavy atom. The third kappa shape index (κ3) is 3.59. The van der Waals surface area contributed by atoms with Gasteiger partial charge in [0, 0.05) is 0 Å². The van der Waals surface area contributed by atoms with Crippen LogP contribution in [-0.4, -0.2) is 73.8 Å². The molecule has 138 valence electrons. The number of hydrogen-bond acceptors (Lipinski definition) is 6. The Labute approximate surface area is 152 Å². The summed E-state index contributed by atoms with van der Waals surface area (Å²) in [5.74, 6) is 0.739. The third-order valence-corrected chi connectivity index (χ3v) is 6.30. The first kappa shape index (κ1) is 18.7. The lowest BCUT2D eigenvalue weighted by Gasteiger charge is -2.26. The van der Waals surface area contributed by atoms with Crippen LogP contribution in [0.5, 0.6) is 0 Å². The maximum absolute atomic E-state index is 10.6. The van der Waals surface area contributed by atoms with E-state index in [4.69, 9.17) is 17.0 Å². The molecule has 9 heteroatoms. The molecule has 2 aromatic rings. The minimum Gasteiger partial charge on any atom is -0.388 e. The molecule has 25 heavy (non-hydrogen) atoms. The zero-order valence-corrected chi connectivity index (χ0v) is 16.6. The molecule has 3 rings (SSSR count). The number of aliphatic hydroxyl groups excluding tert-OH is 2. The zero-order valence-electron chi connectivity index (χ0n) is 14.9. The van der Waals surface area contributed by atoms with Crippen LogP contribution in [0.15, 0.2) is 6.33 Å². The number of aliphatic hydroxyl groups is 2. The second-order valence-electron chi connectivity index (χ2n) is 7.54. The molecule has 0 aliphatic carbocycles. The number of nitrogens with zero attached hydrogens (tertiary/aromatic N) is 3. The molecule has 3 N–H and O–H groups in total. The Hall–Kier alpha value is -1.05. The number of ether oxygens (including phenoxy) is 1. The molecule has 5 atom stereocenters. The van der Waals surface area contributed by atoms with E-state index in [2.05, 4.69) is 34.6 Å². The first-order valence-corrected chi connectivity index (χ1v) is 11.7. The summed E-state index contributed by atoms with van der Waals surface area (Å²) in [6.45, 7) is 6.86. The Kier molecular flexibility index (Phi) is 4.94. The molecular weight excluding hydrogens is 359 g/mol. The van der Waals surface area contributed by atoms with E-state index in [1.807, 2.05) is 6.92 Å². The van der Waals surface area contributed by atoms with Gasteiger partial charge in [-0.2, -0.15) is 0 Å². The molecule has 0 spiro atoms. The van der Waals surface area contributed by atoms with Gasteiger partial charge in [0.2, 0.25) is 0 Å². The quantitative estimate of drug-likeness (QED) is 0.549. The van der Waals surface area contributed by atoms with E-state index < -0.39 is 31.4 Å². The van der Waals surface area contributed by atoms with E-state index in [0.29, 0.717) is 21.6 Å². The molecule has 1 aliphatic rings. The molecule has 0 saturated carbocycles. The number of fused-ring (bicyclic) bond motifs is 1. The molecule has 1 fully saturated rings. The molecule has 0 amide bonds. The highest BCUT2D eigenvalue weighted by atomic mass is 32.1. The highest BCUT2D eigenvalue weighted by Crippen LogP contribution is 2.42. The van der Waals surface area contributed by atoms with E-state index in [-0.39, 0.29) is 5.92 Å². The predicted octanol–water partition coefficient (Wildman–Crippen LogP) is 1.76. The molecule has 1 aliphatic heterocycles. The van der Waals surface area contributed by atoms with Crippen molar-refractivity contribution in [3.63, 3.8) is 0 Å². The average molecular weight is 384 g/mol. The molecule has 1 unspecified atom stereocenters. The van der Waals surface area contributed by atoms with Crippen molar-refractivity contribution in [3.8, 4) is 0 Å². The van der Waals surface area contributed by atoms with Gasteiger partial charge in [-0.3, -0.25) is 4.57 Å². The van der Waals surface area contributed by atoms with Gasteiger partial charge in [-0.05, 0) is 32.3 Å². The molecule has 0 radical (unpaired) electrons. The smallest absolute Gasteiger partial charge is 0.167 e. The second kappa shape index (κ2) is 6.59. The standard InChI is InChI=1S/C16H25N4O3PS/c1-8(6-24(3,4)5)13-11(21)12(22)16(23-13)20-7-17-10-14(20)18-9(2)19-15(10)25/h7-8,11-13,16,21-22H,3,6H2,1-2,4-5H3,(H,18,19,25)/t8?,11-,12+,13+,16+/m0/s1. The zero-order chi connectivity index (χ0) is 18.5. The van der Waals surface area contributed by atoms with E-state index >= 15 is 0 Å². The van der Waals surface area contributed by atoms with Crippen LogP contribution in [0.1, 0.15) is 19.0 Å². The lowest BCUT2D eigenvalue weighted by Crippen LogP contribution is -2.36. The lowest BCUT2D eigenvalue weighted by atomic mass is 10.0. The molecule has 2 aromatic heterocycles. The summed E-state index contributed by atoms with van der Waals surface area (Å²) in [5.41, 5.74) is 1.09. The van der Waals surface area contributed by atoms with E-state index in [9.17, 15) is 10.2 Å². The van der Waals surface area contributed by atoms with Crippen LogP contribution in [0.2, 0.25) is 0 Å². The first-order chi connectivity index (χ1) is 11.6. The van der Waals surface area contributed by atoms with Crippen molar-refractivity contribution in [3.05, 3.63) is 16.8 Å². The van der Waals surface area contributed by atoms with Crippen LogP contribution in [0.4, 0.5) is 0 Å². The molecule has 0 aromatic carbocycles. The van der Waals surface area contributed by atoms with Crippen molar-refractivity contribution in [1.29, 1.82) is 0 Å². The number of imidazole rings is 1. The molecule has 1 saturated heterocycles. The van der Waals surface area contributed by atoms with Crippen molar-refractivity contribution < 1.29 is 14.9 Å². The monoisotopic (exact) mass is 384 g/mol. The summed E-state index contributed by atoms with van der Waals surface area (Å²) in [6, 6.07) is 0. The van der Waals surface area contributed by atoms with Crippen molar-refractivity contribution >= 4 is 36.6 Å². The molecule has 7 nitrogen and oxygen atoms in total. The first-order valence-electron chi connectivity index (χ1n) is 8.21. The minimum atomic E-state index is -1.27. The fraction of sp³-hybridized carbons (Fsp3) is 0.625. The number of aromatic nitrogens is 4. The number of nitrogens with one attached hydrogen (secondary N) is 1. The van der Waals surface area contributed by atoms with Gasteiger partial charge in [-0.25, -0.2) is 9.97 Å². The fourth-order valence-electron chi connectivity index (χ4n) is 3.49. The van der Waals surface area contributed by atoms with Crippen LogP contribution < -0.4 is 0 Å². The van der Waals surface area contributed by atoms with Crippen LogP contribution >= 0.6 is 19.1 Å². The maximum Gasteiger partial charge on any atom is 0.167 e. The molecular formula is C16H25N4O3PS. The SMILES string of the molecule is C=P(C)(C)CC(C)[C@H]1O[C@@H](n2cnc3c(=S)[nH]c(C)nc32)[C@H](O)[C@@H]1O. The summed E-state index contributed by atoms with van der Waals surface area (Å²) < 4.78 is 8.19. The summed E-state index contributed by atoms with van der Waals surface area (Å²) in [4.78, 5) is 11.7. The predicted molar refractivity (Wildman–Crippen MR) is 103 cm³/mol. The number of H-pyrrole nitrogens is 1. The van der Waals surface area contributed by atoms with Gasteiger partial charge in [-0.15, -0.1) is 13.2 Å². The van der Waals surface area contributed by atoms with Gasteiger partial charge in [0.1, 0.15) is 28.2 Å². The van der Waals surface area contributed by atoms with Crippen molar-refractivity contribution in [2.75, 3.05) is 19.5 Å². The van der Waals surface area contributed by atoms with Crippen LogP contribution in [0, 0.1) is 17.5 Å². The van der Waals surface area contributed by atoms with Gasteiger partial charge in [0.05, 0.1) is 12.4 Å². The lowest BCUT2D eigenvalue weighted by molar-refractivity contribution is -0.0487. The minimum absolute atomic E-state index is 0.0859. The van der Waals surface area contributed by atoms with Crippen LogP contribution in [0.25, 0.3) is 11.2 Å². The van der Waals surface area contributed by atoms with Crippen LogP contribution in [-0.2, 0) is 4.74 Å². The summed E-state index contributed by atoms with van der Waals surface area (Å²) in [5, 5.41) is 21.1. The normalized spacial score (nSPS) is 28.6. The van der Waals surface area contributed by atoms with E-state index in [0.717, 1.165) is 6.16 Å². The molecule has 3 heterocycles. The Morgan fingerprint density at radius 3 is 2.76 bits per heavy atom. The van der Waals surface area contributed by atoms with E-state index in [1.54, 1.807) is 17.8 Å². The third-order valence-electron chi connectivity index (χ3n) is 4.44. The second-order valence-corrected chi connectivity index (χ2v) is 12.2. The van der Waals surface area contributed by atoms with E-state index in [1.165, 1.54) is 0 Å². The van der Waals surface area contributed by atoms with Gasteiger partial charge in [0.25, 0.3) is 0 Å². The summed E-state index contributed by atoms with van der Waals surface area (Å²) in [6.07, 6.45) is 3.41. The van der Waals surface area contributed by atoms with Gasteiger partial charge >= 0.3 is 0 Å². The highest BCUT2D eigenvalue weighted by Gasteiger charge is 2.46. The number of aromatic amines is 1. The van der Waals surface area contributed by atoms with Crippen molar-refractivity contribution in [2.45, 2.75) is 38.4 Å². The van der Waals surface area contributed by atoms with Crippen LogP contribution in [0.3, 0.4) is 0 Å². The summed E-state index contributed by atoms with van der Waals surface area (Å²) in [7, 11) is 0. The van der Waals surface area contributed by atoms with Crippen molar-refractivity contribution in [1.82, 2.24) is 19.5 Å². The topological polar surface area (TPSA) is 96.2 Å². The Balaban J connectivity index is 1.94. The van der Waals surface area contributed by atoms with Gasteiger partial charge in [-0.1, -0.05) is 19.1 Å².